The lowest BCUT2D eigenvalue weighted by atomic mass is 10.4. The molecule has 0 aromatic carbocycles. The molecule has 8 heteroatoms. The van der Waals surface area contributed by atoms with Gasteiger partial charge in [-0.1, -0.05) is 0 Å². The van der Waals surface area contributed by atoms with Gasteiger partial charge in [-0.15, -0.1) is 0 Å². The first-order chi connectivity index (χ1) is 7.67. The van der Waals surface area contributed by atoms with Gasteiger partial charge in [0.15, 0.2) is 0 Å². The molecule has 0 spiro atoms. The van der Waals surface area contributed by atoms with E-state index in [-0.39, 0.29) is 6.54 Å². The minimum Gasteiger partial charge on any atom is -0.347 e. The molecule has 0 aliphatic heterocycles. The molecule has 0 heterocycles. The van der Waals surface area contributed by atoms with Crippen LogP contribution in [0, 0.1) is 0 Å². The van der Waals surface area contributed by atoms with E-state index in [9.17, 15) is 22.8 Å². The molecule has 0 radical (unpaired) electrons. The normalized spacial score (nSPS) is 11.2. The van der Waals surface area contributed by atoms with Crippen LogP contribution < -0.4 is 5.32 Å². The number of nitrogens with one attached hydrogen (secondary N) is 1. The summed E-state index contributed by atoms with van der Waals surface area (Å²) in [5.41, 5.74) is 0. The third-order valence-corrected chi connectivity index (χ3v) is 1.88. The molecule has 0 aromatic rings. The maximum absolute atomic E-state index is 12.2. The fourth-order valence-corrected chi connectivity index (χ4v) is 1.02. The average Bonchev–Trinajstić information content (AvgIpc) is 2.14. The van der Waals surface area contributed by atoms with Crippen LogP contribution in [0.4, 0.5) is 13.2 Å². The number of alkyl halides is 3. The van der Waals surface area contributed by atoms with E-state index in [1.165, 1.54) is 21.1 Å². The van der Waals surface area contributed by atoms with E-state index in [1.54, 1.807) is 0 Å². The molecule has 0 atom stereocenters. The Morgan fingerprint density at radius 2 is 1.71 bits per heavy atom. The molecule has 0 aromatic heterocycles. The summed E-state index contributed by atoms with van der Waals surface area (Å²) in [6.45, 7) is -2.24. The van der Waals surface area contributed by atoms with Gasteiger partial charge in [0.2, 0.25) is 11.8 Å². The molecular weight excluding hydrogens is 239 g/mol. The van der Waals surface area contributed by atoms with Crippen LogP contribution in [-0.2, 0) is 9.59 Å². The van der Waals surface area contributed by atoms with E-state index < -0.39 is 31.1 Å². The van der Waals surface area contributed by atoms with Crippen molar-refractivity contribution in [2.45, 2.75) is 6.18 Å². The Hall–Kier alpha value is -1.31. The van der Waals surface area contributed by atoms with E-state index in [2.05, 4.69) is 5.32 Å². The SMILES string of the molecule is CNCC(=O)N(CC(=O)N(C)C)CC(F)(F)F. The third-order valence-electron chi connectivity index (χ3n) is 1.88. The van der Waals surface area contributed by atoms with Gasteiger partial charge in [0.05, 0.1) is 6.54 Å². The summed E-state index contributed by atoms with van der Waals surface area (Å²) < 4.78 is 36.7. The molecule has 5 nitrogen and oxygen atoms in total. The Balaban J connectivity index is 4.62. The summed E-state index contributed by atoms with van der Waals surface area (Å²) in [6.07, 6.45) is -4.52. The lowest BCUT2D eigenvalue weighted by Gasteiger charge is -2.24. The van der Waals surface area contributed by atoms with Crippen molar-refractivity contribution in [2.75, 3.05) is 40.8 Å². The van der Waals surface area contributed by atoms with Gasteiger partial charge in [0, 0.05) is 14.1 Å². The van der Waals surface area contributed by atoms with Gasteiger partial charge in [0.1, 0.15) is 13.1 Å². The summed E-state index contributed by atoms with van der Waals surface area (Å²) in [5.74, 6) is -1.32. The van der Waals surface area contributed by atoms with Gasteiger partial charge < -0.3 is 15.1 Å². The minimum absolute atomic E-state index is 0.239. The van der Waals surface area contributed by atoms with Crippen molar-refractivity contribution >= 4 is 11.8 Å². The fraction of sp³-hybridized carbons (Fsp3) is 0.778. The van der Waals surface area contributed by atoms with E-state index in [0.717, 1.165) is 4.90 Å². The van der Waals surface area contributed by atoms with Crippen molar-refractivity contribution in [1.29, 1.82) is 0 Å². The summed E-state index contributed by atoms with van der Waals surface area (Å²) >= 11 is 0. The number of hydrogen-bond donors (Lipinski definition) is 1. The number of rotatable bonds is 5. The van der Waals surface area contributed by atoms with Crippen molar-refractivity contribution in [3.63, 3.8) is 0 Å². The van der Waals surface area contributed by atoms with Crippen LogP contribution in [-0.4, -0.2) is 68.6 Å². The fourth-order valence-electron chi connectivity index (χ4n) is 1.02. The Kier molecular flexibility index (Phi) is 5.94. The zero-order chi connectivity index (χ0) is 13.6. The minimum atomic E-state index is -4.52. The van der Waals surface area contributed by atoms with Gasteiger partial charge in [-0.25, -0.2) is 0 Å². The van der Waals surface area contributed by atoms with Crippen molar-refractivity contribution in [2.24, 2.45) is 0 Å². The van der Waals surface area contributed by atoms with E-state index in [1.807, 2.05) is 0 Å². The van der Waals surface area contributed by atoms with Gasteiger partial charge in [-0.05, 0) is 7.05 Å². The van der Waals surface area contributed by atoms with E-state index >= 15 is 0 Å². The largest absolute Gasteiger partial charge is 0.406 e. The predicted octanol–water partition coefficient (Wildman–Crippen LogP) is -0.315. The van der Waals surface area contributed by atoms with Crippen LogP contribution >= 0.6 is 0 Å². The number of nitrogens with zero attached hydrogens (tertiary/aromatic N) is 2. The lowest BCUT2D eigenvalue weighted by Crippen LogP contribution is -2.47. The first kappa shape index (κ1) is 15.7. The monoisotopic (exact) mass is 255 g/mol. The topological polar surface area (TPSA) is 52.7 Å². The zero-order valence-corrected chi connectivity index (χ0v) is 9.97. The molecule has 0 fully saturated rings. The van der Waals surface area contributed by atoms with E-state index in [0.29, 0.717) is 4.90 Å². The standard InChI is InChI=1S/C9H16F3N3O2/c1-13-4-7(16)15(6-9(10,11)12)5-8(17)14(2)3/h13H,4-6H2,1-3H3. The summed E-state index contributed by atoms with van der Waals surface area (Å²) in [7, 11) is 4.27. The number of hydrogen-bond acceptors (Lipinski definition) is 3. The Morgan fingerprint density at radius 3 is 2.06 bits per heavy atom. The van der Waals surface area contributed by atoms with Crippen LogP contribution in [0.3, 0.4) is 0 Å². The first-order valence-electron chi connectivity index (χ1n) is 4.86. The summed E-state index contributed by atoms with van der Waals surface area (Å²) in [6, 6.07) is 0. The molecule has 0 rings (SSSR count). The number of carbonyl (C=O) groups excluding carboxylic acids is 2. The third kappa shape index (κ3) is 6.77. The molecule has 0 aliphatic carbocycles. The molecule has 2 amide bonds. The second-order valence-corrected chi connectivity index (χ2v) is 3.68. The molecule has 0 bridgehead atoms. The maximum Gasteiger partial charge on any atom is 0.406 e. The highest BCUT2D eigenvalue weighted by molar-refractivity contribution is 5.85. The first-order valence-corrected chi connectivity index (χ1v) is 4.86. The van der Waals surface area contributed by atoms with Crippen molar-refractivity contribution in [3.8, 4) is 0 Å². The predicted molar refractivity (Wildman–Crippen MR) is 55.3 cm³/mol. The van der Waals surface area contributed by atoms with Crippen LogP contribution in [0.2, 0.25) is 0 Å². The second-order valence-electron chi connectivity index (χ2n) is 3.68. The highest BCUT2D eigenvalue weighted by atomic mass is 19.4. The van der Waals surface area contributed by atoms with Crippen molar-refractivity contribution in [1.82, 2.24) is 15.1 Å². The average molecular weight is 255 g/mol. The number of likely N-dealkylation sites (N-methyl/N-ethyl adjacent to an activating group) is 2. The highest BCUT2D eigenvalue weighted by Crippen LogP contribution is 2.16. The van der Waals surface area contributed by atoms with Gasteiger partial charge in [0.25, 0.3) is 0 Å². The second kappa shape index (κ2) is 6.43. The van der Waals surface area contributed by atoms with Gasteiger partial charge >= 0.3 is 6.18 Å². The summed E-state index contributed by atoms with van der Waals surface area (Å²) in [4.78, 5) is 24.3. The lowest BCUT2D eigenvalue weighted by molar-refractivity contribution is -0.163. The Labute approximate surface area is 97.5 Å². The zero-order valence-electron chi connectivity index (χ0n) is 9.97. The molecule has 1 N–H and O–H groups in total. The molecule has 100 valence electrons. The quantitative estimate of drug-likeness (QED) is 0.733. The molecule has 17 heavy (non-hydrogen) atoms. The van der Waals surface area contributed by atoms with Gasteiger partial charge in [-0.3, -0.25) is 9.59 Å². The van der Waals surface area contributed by atoms with Gasteiger partial charge in [-0.2, -0.15) is 13.2 Å². The Morgan fingerprint density at radius 1 is 1.18 bits per heavy atom. The summed E-state index contributed by atoms with van der Waals surface area (Å²) in [5, 5.41) is 2.45. The van der Waals surface area contributed by atoms with E-state index in [4.69, 9.17) is 0 Å². The van der Waals surface area contributed by atoms with Crippen molar-refractivity contribution in [3.05, 3.63) is 0 Å². The smallest absolute Gasteiger partial charge is 0.347 e. The van der Waals surface area contributed by atoms with Crippen LogP contribution in [0.1, 0.15) is 0 Å². The highest BCUT2D eigenvalue weighted by Gasteiger charge is 2.33. The van der Waals surface area contributed by atoms with Crippen LogP contribution in [0.5, 0.6) is 0 Å². The van der Waals surface area contributed by atoms with Crippen molar-refractivity contribution < 1.29 is 22.8 Å². The number of carbonyl (C=O) groups is 2. The maximum atomic E-state index is 12.2. The molecule has 0 saturated heterocycles. The van der Waals surface area contributed by atoms with Crippen LogP contribution in [0.25, 0.3) is 0 Å². The molecule has 0 saturated carbocycles. The number of amides is 2. The van der Waals surface area contributed by atoms with Crippen LogP contribution in [0.15, 0.2) is 0 Å². The number of halogens is 3. The molecule has 0 aliphatic rings. The molecular formula is C9H16F3N3O2. The molecule has 0 unspecified atom stereocenters. The Bertz CT molecular complexity index is 279.